The fourth-order valence-electron chi connectivity index (χ4n) is 1.68. The topological polar surface area (TPSA) is 105 Å². The van der Waals surface area contributed by atoms with E-state index in [1.807, 2.05) is 0 Å². The second kappa shape index (κ2) is 6.84. The minimum atomic E-state index is -0.989. The number of primary amides is 2. The van der Waals surface area contributed by atoms with E-state index in [0.717, 1.165) is 0 Å². The van der Waals surface area contributed by atoms with Gasteiger partial charge < -0.3 is 20.9 Å². The summed E-state index contributed by atoms with van der Waals surface area (Å²) < 4.78 is 9.91. The van der Waals surface area contributed by atoms with E-state index < -0.39 is 24.4 Å². The maximum absolute atomic E-state index is 11.0. The highest BCUT2D eigenvalue weighted by Crippen LogP contribution is 2.31. The summed E-state index contributed by atoms with van der Waals surface area (Å²) in [4.78, 5) is 21.9. The molecule has 1 aromatic rings. The van der Waals surface area contributed by atoms with Crippen LogP contribution in [-0.2, 0) is 9.47 Å². The van der Waals surface area contributed by atoms with Gasteiger partial charge in [-0.05, 0) is 12.5 Å². The first-order valence-corrected chi connectivity index (χ1v) is 6.00. The Hall–Kier alpha value is -1.95. The first kappa shape index (κ1) is 15.1. The lowest BCUT2D eigenvalue weighted by Gasteiger charge is -2.25. The zero-order chi connectivity index (χ0) is 14.4. The van der Waals surface area contributed by atoms with E-state index in [9.17, 15) is 9.59 Å². The molecule has 0 unspecified atom stereocenters. The molecule has 4 N–H and O–H groups in total. The maximum Gasteiger partial charge on any atom is 0.405 e. The van der Waals surface area contributed by atoms with Crippen molar-refractivity contribution in [3.63, 3.8) is 0 Å². The Bertz CT molecular complexity index is 467. The number of halogens is 1. The molecule has 0 saturated heterocycles. The molecule has 0 fully saturated rings. The quantitative estimate of drug-likeness (QED) is 0.866. The Morgan fingerprint density at radius 1 is 1.21 bits per heavy atom. The van der Waals surface area contributed by atoms with Crippen molar-refractivity contribution in [2.75, 3.05) is 0 Å². The van der Waals surface area contributed by atoms with Gasteiger partial charge in [0.1, 0.15) is 6.10 Å². The molecule has 6 nitrogen and oxygen atoms in total. The maximum atomic E-state index is 11.0. The fraction of sp³-hybridized carbons (Fsp3) is 0.333. The van der Waals surface area contributed by atoms with Crippen molar-refractivity contribution in [1.29, 1.82) is 0 Å². The van der Waals surface area contributed by atoms with E-state index in [1.54, 1.807) is 31.2 Å². The van der Waals surface area contributed by atoms with Gasteiger partial charge in [-0.15, -0.1) is 0 Å². The first-order chi connectivity index (χ1) is 8.95. The summed E-state index contributed by atoms with van der Waals surface area (Å²) in [7, 11) is 0. The number of amides is 2. The molecule has 0 aliphatic carbocycles. The van der Waals surface area contributed by atoms with Gasteiger partial charge in [-0.3, -0.25) is 0 Å². The molecule has 1 rings (SSSR count). The number of carbonyl (C=O) groups is 2. The van der Waals surface area contributed by atoms with Gasteiger partial charge in [0.25, 0.3) is 0 Å². The Balaban J connectivity index is 3.09. The molecular formula is C12H15ClN2O4. The predicted molar refractivity (Wildman–Crippen MR) is 69.6 cm³/mol. The number of benzene rings is 1. The van der Waals surface area contributed by atoms with Crippen molar-refractivity contribution in [1.82, 2.24) is 0 Å². The predicted octanol–water partition coefficient (Wildman–Crippen LogP) is 2.35. The Kier molecular flexibility index (Phi) is 5.44. The lowest BCUT2D eigenvalue weighted by molar-refractivity contribution is -0.00647. The molecule has 104 valence electrons. The SMILES string of the molecule is CC[C@H](OC(N)=O)[C@@H](OC(N)=O)c1ccccc1Cl. The zero-order valence-electron chi connectivity index (χ0n) is 10.3. The Morgan fingerprint density at radius 3 is 2.26 bits per heavy atom. The van der Waals surface area contributed by atoms with Gasteiger partial charge in [-0.2, -0.15) is 0 Å². The highest BCUT2D eigenvalue weighted by atomic mass is 35.5. The summed E-state index contributed by atoms with van der Waals surface area (Å²) in [5.74, 6) is 0. The Morgan fingerprint density at radius 2 is 1.79 bits per heavy atom. The van der Waals surface area contributed by atoms with Crippen LogP contribution in [0, 0.1) is 0 Å². The molecule has 0 aromatic heterocycles. The van der Waals surface area contributed by atoms with Gasteiger partial charge in [0.05, 0.1) is 0 Å². The molecule has 2 atom stereocenters. The van der Waals surface area contributed by atoms with Crippen LogP contribution in [0.3, 0.4) is 0 Å². The summed E-state index contributed by atoms with van der Waals surface area (Å²) in [5.41, 5.74) is 10.5. The number of rotatable bonds is 5. The summed E-state index contributed by atoms with van der Waals surface area (Å²) in [6.07, 6.45) is -3.23. The van der Waals surface area contributed by atoms with Crippen LogP contribution in [0.5, 0.6) is 0 Å². The van der Waals surface area contributed by atoms with E-state index in [-0.39, 0.29) is 0 Å². The standard InChI is InChI=1S/C12H15ClN2O4/c1-2-9(18-11(14)16)10(19-12(15)17)7-5-3-4-6-8(7)13/h3-6,9-10H,2H2,1H3,(H2,14,16)(H2,15,17)/t9-,10-/m0/s1. The molecular weight excluding hydrogens is 272 g/mol. The van der Waals surface area contributed by atoms with Gasteiger partial charge >= 0.3 is 12.2 Å². The molecule has 0 aliphatic rings. The number of nitrogens with two attached hydrogens (primary N) is 2. The minimum absolute atomic E-state index is 0.375. The molecule has 0 radical (unpaired) electrons. The van der Waals surface area contributed by atoms with Crippen LogP contribution in [-0.4, -0.2) is 18.3 Å². The number of hydrogen-bond donors (Lipinski definition) is 2. The molecule has 2 amide bonds. The lowest BCUT2D eigenvalue weighted by Crippen LogP contribution is -2.32. The average Bonchev–Trinajstić information content (AvgIpc) is 2.34. The molecule has 19 heavy (non-hydrogen) atoms. The van der Waals surface area contributed by atoms with E-state index in [2.05, 4.69) is 0 Å². The second-order valence-corrected chi connectivity index (χ2v) is 4.17. The van der Waals surface area contributed by atoms with E-state index in [0.29, 0.717) is 17.0 Å². The van der Waals surface area contributed by atoms with Gasteiger partial charge in [0, 0.05) is 10.6 Å². The third-order valence-electron chi connectivity index (χ3n) is 2.46. The van der Waals surface area contributed by atoms with Gasteiger partial charge in [0.2, 0.25) is 0 Å². The van der Waals surface area contributed by atoms with Crippen molar-refractivity contribution in [2.45, 2.75) is 25.6 Å². The number of ether oxygens (including phenoxy) is 2. The monoisotopic (exact) mass is 286 g/mol. The molecule has 0 spiro atoms. The summed E-state index contributed by atoms with van der Waals surface area (Å²) in [6.45, 7) is 1.75. The first-order valence-electron chi connectivity index (χ1n) is 5.62. The van der Waals surface area contributed by atoms with Crippen molar-refractivity contribution in [2.24, 2.45) is 11.5 Å². The molecule has 0 aliphatic heterocycles. The van der Waals surface area contributed by atoms with Crippen molar-refractivity contribution >= 4 is 23.8 Å². The highest BCUT2D eigenvalue weighted by molar-refractivity contribution is 6.31. The molecule has 0 heterocycles. The highest BCUT2D eigenvalue weighted by Gasteiger charge is 2.29. The number of carbonyl (C=O) groups excluding carboxylic acids is 2. The zero-order valence-corrected chi connectivity index (χ0v) is 11.1. The molecule has 1 aromatic carbocycles. The van der Waals surface area contributed by atoms with Crippen LogP contribution in [0.25, 0.3) is 0 Å². The van der Waals surface area contributed by atoms with Crippen LogP contribution >= 0.6 is 11.6 Å². The van der Waals surface area contributed by atoms with Crippen molar-refractivity contribution in [3.05, 3.63) is 34.9 Å². The summed E-state index contributed by atoms with van der Waals surface area (Å²) in [6, 6.07) is 6.73. The van der Waals surface area contributed by atoms with Crippen LogP contribution in [0.4, 0.5) is 9.59 Å². The van der Waals surface area contributed by atoms with Crippen LogP contribution in [0.15, 0.2) is 24.3 Å². The fourth-order valence-corrected chi connectivity index (χ4v) is 1.92. The lowest BCUT2D eigenvalue weighted by atomic mass is 10.0. The third kappa shape index (κ3) is 4.33. The van der Waals surface area contributed by atoms with E-state index in [4.69, 9.17) is 32.5 Å². The van der Waals surface area contributed by atoms with Gasteiger partial charge in [-0.25, -0.2) is 9.59 Å². The normalized spacial score (nSPS) is 13.4. The van der Waals surface area contributed by atoms with Crippen molar-refractivity contribution < 1.29 is 19.1 Å². The smallest absolute Gasteiger partial charge is 0.405 e. The van der Waals surface area contributed by atoms with Crippen LogP contribution < -0.4 is 11.5 Å². The van der Waals surface area contributed by atoms with E-state index >= 15 is 0 Å². The molecule has 7 heteroatoms. The molecule has 0 saturated carbocycles. The van der Waals surface area contributed by atoms with Gasteiger partial charge in [-0.1, -0.05) is 36.7 Å². The summed E-state index contributed by atoms with van der Waals surface area (Å²) in [5, 5.41) is 0.375. The molecule has 0 bridgehead atoms. The number of hydrogen-bond acceptors (Lipinski definition) is 4. The van der Waals surface area contributed by atoms with Crippen LogP contribution in [0.2, 0.25) is 5.02 Å². The third-order valence-corrected chi connectivity index (χ3v) is 2.81. The minimum Gasteiger partial charge on any atom is -0.442 e. The van der Waals surface area contributed by atoms with Crippen molar-refractivity contribution in [3.8, 4) is 0 Å². The average molecular weight is 287 g/mol. The second-order valence-electron chi connectivity index (χ2n) is 3.76. The Labute approximate surface area is 115 Å². The van der Waals surface area contributed by atoms with Crippen LogP contribution in [0.1, 0.15) is 25.0 Å². The van der Waals surface area contributed by atoms with E-state index in [1.165, 1.54) is 0 Å². The van der Waals surface area contributed by atoms with Gasteiger partial charge in [0.15, 0.2) is 6.10 Å². The summed E-state index contributed by atoms with van der Waals surface area (Å²) >= 11 is 6.04. The largest absolute Gasteiger partial charge is 0.442 e.